The second-order valence-electron chi connectivity index (χ2n) is 13.9. The highest BCUT2D eigenvalue weighted by Crippen LogP contribution is 2.22. The van der Waals surface area contributed by atoms with Crippen molar-refractivity contribution in [2.75, 3.05) is 127 Å². The van der Waals surface area contributed by atoms with Crippen LogP contribution in [-0.2, 0) is 43.2 Å². The number of carbonyl (C=O) groups is 2. The standard InChI is InChI=1S/C36H57N15O7.ClH/c1-3-19-56-21-23-58-24-22-57-20-9-38-34-39-35(48-14-10-46(11-15-48)31(54)27-50-25-30(7-18-52)42-44-50)41-36(40-34)49-16-12-47(13-17-49)33(55)32(28(2)53)51-26-29(43-45-51)6-4-5-8-37;/h1,25-26,28,32,52-53H,4-24,27,37H2,2H3,(H,38,39,40,41);1H. The summed E-state index contributed by atoms with van der Waals surface area (Å²) in [6.07, 6.45) is 10.6. The number of anilines is 3. The molecule has 0 aromatic carbocycles. The van der Waals surface area contributed by atoms with Gasteiger partial charge >= 0.3 is 0 Å². The lowest BCUT2D eigenvalue weighted by atomic mass is 10.1. The van der Waals surface area contributed by atoms with E-state index in [9.17, 15) is 14.7 Å². The van der Waals surface area contributed by atoms with Gasteiger partial charge in [0.1, 0.15) is 13.2 Å². The molecule has 2 aliphatic rings. The van der Waals surface area contributed by atoms with Gasteiger partial charge in [0.2, 0.25) is 29.7 Å². The van der Waals surface area contributed by atoms with E-state index >= 15 is 0 Å². The number of amides is 2. The molecule has 59 heavy (non-hydrogen) atoms. The summed E-state index contributed by atoms with van der Waals surface area (Å²) < 4.78 is 19.4. The van der Waals surface area contributed by atoms with Crippen molar-refractivity contribution in [2.45, 2.75) is 51.3 Å². The minimum absolute atomic E-state index is 0. The fourth-order valence-corrected chi connectivity index (χ4v) is 6.46. The fraction of sp³-hybridized carbons (Fsp3) is 0.694. The number of aliphatic hydroxyl groups excluding tert-OH is 2. The lowest BCUT2D eigenvalue weighted by molar-refractivity contribution is -0.368. The van der Waals surface area contributed by atoms with Crippen LogP contribution in [0.4, 0.5) is 17.8 Å². The van der Waals surface area contributed by atoms with Gasteiger partial charge < -0.3 is 67.5 Å². The topological polar surface area (TPSA) is 255 Å². The Bertz CT molecular complexity index is 1740. The molecule has 2 amide bonds. The van der Waals surface area contributed by atoms with E-state index in [2.05, 4.69) is 37.6 Å². The second-order valence-corrected chi connectivity index (χ2v) is 13.9. The minimum atomic E-state index is -0.974. The van der Waals surface area contributed by atoms with E-state index in [0.717, 1.165) is 31.5 Å². The van der Waals surface area contributed by atoms with Crippen molar-refractivity contribution in [1.82, 2.24) is 54.7 Å². The number of nitrogens with zero attached hydrogens (tertiary/aromatic N) is 13. The molecule has 0 radical (unpaired) electrons. The van der Waals surface area contributed by atoms with Gasteiger partial charge in [0.05, 0.1) is 57.1 Å². The molecule has 6 N–H and O–H groups in total. The van der Waals surface area contributed by atoms with Gasteiger partial charge in [0.15, 0.2) is 6.04 Å². The smallest absolute Gasteiger partial charge is 0.250 e. The maximum atomic E-state index is 13.8. The molecule has 3 aromatic heterocycles. The van der Waals surface area contributed by atoms with Gasteiger partial charge in [-0.2, -0.15) is 15.0 Å². The van der Waals surface area contributed by atoms with Crippen molar-refractivity contribution in [3.8, 4) is 12.3 Å². The summed E-state index contributed by atoms with van der Waals surface area (Å²) in [5.41, 5.74) is 5.28. The highest BCUT2D eigenvalue weighted by Gasteiger charge is 2.34. The number of carbonyl (C=O) groups excluding carboxylic acids is 2. The first kappa shape index (κ1) is 46.9. The van der Waals surface area contributed by atoms with Crippen LogP contribution in [0.25, 0.3) is 0 Å². The van der Waals surface area contributed by atoms with Gasteiger partial charge in [0, 0.05) is 84.3 Å². The van der Waals surface area contributed by atoms with Crippen LogP contribution >= 0.6 is 0 Å². The number of nitrogens with one attached hydrogen (secondary N) is 1. The molecule has 2 aliphatic heterocycles. The molecule has 0 aliphatic carbocycles. The predicted octanol–water partition coefficient (Wildman–Crippen LogP) is -6.13. The number of aliphatic hydroxyl groups is 2. The van der Waals surface area contributed by atoms with Crippen molar-refractivity contribution in [3.05, 3.63) is 23.8 Å². The monoisotopic (exact) mass is 847 g/mol. The maximum Gasteiger partial charge on any atom is 0.250 e. The Morgan fingerprint density at radius 3 is 2.08 bits per heavy atom. The average Bonchev–Trinajstić information content (AvgIpc) is 3.89. The molecule has 0 spiro atoms. The molecule has 3 aromatic rings. The lowest BCUT2D eigenvalue weighted by Crippen LogP contribution is -3.00. The number of aryl methyl sites for hydroxylation is 1. The third-order valence-corrected chi connectivity index (χ3v) is 9.60. The van der Waals surface area contributed by atoms with E-state index in [1.54, 1.807) is 29.1 Å². The van der Waals surface area contributed by atoms with E-state index in [1.165, 1.54) is 9.36 Å². The van der Waals surface area contributed by atoms with E-state index in [4.69, 9.17) is 40.7 Å². The van der Waals surface area contributed by atoms with Crippen molar-refractivity contribution in [3.63, 3.8) is 0 Å². The number of terminal acetylenes is 1. The molecule has 23 heteroatoms. The normalized spacial score (nSPS) is 15.4. The Morgan fingerprint density at radius 1 is 0.847 bits per heavy atom. The van der Waals surface area contributed by atoms with Crippen molar-refractivity contribution in [1.29, 1.82) is 0 Å². The Kier molecular flexibility index (Phi) is 19.9. The van der Waals surface area contributed by atoms with Crippen LogP contribution in [0, 0.1) is 12.3 Å². The first-order chi connectivity index (χ1) is 28.3. The third kappa shape index (κ3) is 14.5. The quantitative estimate of drug-likeness (QED) is 0.0483. The first-order valence-corrected chi connectivity index (χ1v) is 19.9. The molecule has 2 fully saturated rings. The SMILES string of the molecule is C#CCOCCOCCOCCNc1nc(N2CCN(C(=O)Cn3cc(CCO)nn3)CC2)nc(N2CCN(C(=O)C(C(C)O)n3cc(CCCC[NH3+])nn3)CC2)n1.[Cl-]. The fourth-order valence-electron chi connectivity index (χ4n) is 6.46. The lowest BCUT2D eigenvalue weighted by Gasteiger charge is -2.37. The number of unbranched alkanes of at least 4 members (excludes halogenated alkanes) is 1. The van der Waals surface area contributed by atoms with Gasteiger partial charge in [-0.05, 0) is 26.2 Å². The van der Waals surface area contributed by atoms with Gasteiger partial charge in [0.25, 0.3) is 0 Å². The molecule has 22 nitrogen and oxygen atoms in total. The van der Waals surface area contributed by atoms with Crippen LogP contribution in [0.5, 0.6) is 0 Å². The van der Waals surface area contributed by atoms with Crippen LogP contribution in [0.15, 0.2) is 12.4 Å². The predicted molar refractivity (Wildman–Crippen MR) is 209 cm³/mol. The number of rotatable bonds is 24. The highest BCUT2D eigenvalue weighted by molar-refractivity contribution is 5.81. The summed E-state index contributed by atoms with van der Waals surface area (Å²) in [4.78, 5) is 48.7. The molecule has 2 unspecified atom stereocenters. The number of quaternary nitrogens is 1. The number of piperazine rings is 2. The Hall–Kier alpha value is -4.76. The Balaban J connectivity index is 0.00000769. The van der Waals surface area contributed by atoms with Gasteiger partial charge in [-0.3, -0.25) is 9.59 Å². The van der Waals surface area contributed by atoms with Crippen LogP contribution < -0.4 is 33.3 Å². The van der Waals surface area contributed by atoms with Crippen LogP contribution in [0.2, 0.25) is 0 Å². The molecule has 2 atom stereocenters. The third-order valence-electron chi connectivity index (χ3n) is 9.60. The summed E-state index contributed by atoms with van der Waals surface area (Å²) >= 11 is 0. The Labute approximate surface area is 350 Å². The molecule has 5 rings (SSSR count). The van der Waals surface area contributed by atoms with Crippen molar-refractivity contribution >= 4 is 29.7 Å². The molecular formula is C36H58ClN15O7. The average molecular weight is 848 g/mol. The van der Waals surface area contributed by atoms with Crippen LogP contribution in [0.1, 0.15) is 37.2 Å². The van der Waals surface area contributed by atoms with E-state index < -0.39 is 12.1 Å². The minimum Gasteiger partial charge on any atom is -1.00 e. The molecule has 0 saturated carbocycles. The molecule has 2 saturated heterocycles. The zero-order valence-corrected chi connectivity index (χ0v) is 34.5. The summed E-state index contributed by atoms with van der Waals surface area (Å²) in [7, 11) is 0. The zero-order valence-electron chi connectivity index (χ0n) is 33.8. The summed E-state index contributed by atoms with van der Waals surface area (Å²) in [5, 5.41) is 39.5. The summed E-state index contributed by atoms with van der Waals surface area (Å²) in [5.74, 6) is 3.40. The number of hydrogen-bond donors (Lipinski definition) is 4. The van der Waals surface area contributed by atoms with Crippen LogP contribution in [-0.4, -0.2) is 195 Å². The number of ether oxygens (including phenoxy) is 3. The molecule has 326 valence electrons. The highest BCUT2D eigenvalue weighted by atomic mass is 35.5. The Morgan fingerprint density at radius 2 is 1.46 bits per heavy atom. The van der Waals surface area contributed by atoms with Gasteiger partial charge in [-0.25, -0.2) is 9.36 Å². The van der Waals surface area contributed by atoms with E-state index in [-0.39, 0.29) is 44.0 Å². The number of aromatic nitrogens is 9. The van der Waals surface area contributed by atoms with E-state index in [1.807, 2.05) is 9.80 Å². The van der Waals surface area contributed by atoms with E-state index in [0.29, 0.717) is 122 Å². The summed E-state index contributed by atoms with van der Waals surface area (Å²) in [6.45, 7) is 8.80. The number of hydrogen-bond acceptors (Lipinski definition) is 17. The second kappa shape index (κ2) is 25.0. The van der Waals surface area contributed by atoms with Gasteiger partial charge in [-0.15, -0.1) is 16.6 Å². The van der Waals surface area contributed by atoms with Crippen molar-refractivity contribution in [2.24, 2.45) is 0 Å². The zero-order chi connectivity index (χ0) is 41.1. The number of halogens is 1. The van der Waals surface area contributed by atoms with Crippen LogP contribution in [0.3, 0.4) is 0 Å². The first-order valence-electron chi connectivity index (χ1n) is 19.9. The molecule has 0 bridgehead atoms. The molecule has 5 heterocycles. The molecular weight excluding hydrogens is 790 g/mol. The van der Waals surface area contributed by atoms with Crippen molar-refractivity contribution < 1.29 is 52.2 Å². The maximum absolute atomic E-state index is 13.8. The van der Waals surface area contributed by atoms with Gasteiger partial charge in [-0.1, -0.05) is 16.3 Å². The largest absolute Gasteiger partial charge is 1.00 e. The summed E-state index contributed by atoms with van der Waals surface area (Å²) in [6, 6.07) is -0.896.